The second-order valence-electron chi connectivity index (χ2n) is 3.66. The fraction of sp³-hybridized carbons (Fsp3) is 0.818. The Morgan fingerprint density at radius 3 is 1.39 bits per heavy atom. The molecular formula is C11H27N3O3Si. The molecule has 0 amide bonds. The van der Waals surface area contributed by atoms with Crippen molar-refractivity contribution in [3.63, 3.8) is 0 Å². The number of likely N-dealkylation sites (N-methyl/N-ethyl adjacent to an activating group) is 3. The van der Waals surface area contributed by atoms with Gasteiger partial charge in [-0.05, 0) is 26.8 Å². The van der Waals surface area contributed by atoms with Crippen LogP contribution in [0.3, 0.4) is 0 Å². The van der Waals surface area contributed by atoms with Crippen LogP contribution in [0.25, 0.3) is 0 Å². The van der Waals surface area contributed by atoms with Crippen molar-refractivity contribution in [2.24, 2.45) is 0 Å². The number of nitrogens with one attached hydrogen (secondary N) is 3. The van der Waals surface area contributed by atoms with Crippen LogP contribution in [0.4, 0.5) is 0 Å². The average molecular weight is 277 g/mol. The first-order valence-corrected chi connectivity index (χ1v) is 8.04. The van der Waals surface area contributed by atoms with Gasteiger partial charge in [0.1, 0.15) is 0 Å². The van der Waals surface area contributed by atoms with Gasteiger partial charge in [-0.25, -0.2) is 0 Å². The molecule has 0 spiro atoms. The van der Waals surface area contributed by atoms with Gasteiger partial charge in [0.05, 0.1) is 19.8 Å². The molecule has 0 aromatic rings. The van der Waals surface area contributed by atoms with Crippen molar-refractivity contribution in [2.75, 3.05) is 60.6 Å². The Morgan fingerprint density at radius 2 is 1.17 bits per heavy atom. The normalized spacial score (nSPS) is 11.7. The lowest BCUT2D eigenvalue weighted by molar-refractivity contribution is 0.0746. The van der Waals surface area contributed by atoms with Crippen LogP contribution in [0, 0.1) is 0 Å². The fourth-order valence-corrected chi connectivity index (χ4v) is 2.95. The molecule has 0 unspecified atom stereocenters. The van der Waals surface area contributed by atoms with Gasteiger partial charge in [0.25, 0.3) is 0 Å². The summed E-state index contributed by atoms with van der Waals surface area (Å²) < 4.78 is 17.3. The van der Waals surface area contributed by atoms with Gasteiger partial charge in [-0.2, -0.15) is 0 Å². The number of hydrogen-bond donors (Lipinski definition) is 3. The van der Waals surface area contributed by atoms with E-state index in [2.05, 4.69) is 22.5 Å². The van der Waals surface area contributed by atoms with Crippen molar-refractivity contribution in [2.45, 2.75) is 0 Å². The molecule has 0 aliphatic carbocycles. The van der Waals surface area contributed by atoms with Crippen LogP contribution in [-0.2, 0) is 13.3 Å². The Labute approximate surface area is 111 Å². The predicted molar refractivity (Wildman–Crippen MR) is 75.6 cm³/mol. The van der Waals surface area contributed by atoms with Gasteiger partial charge in [0.2, 0.25) is 0 Å². The molecule has 0 aliphatic heterocycles. The largest absolute Gasteiger partial charge is 0.529 e. The van der Waals surface area contributed by atoms with Gasteiger partial charge < -0.3 is 29.2 Å². The van der Waals surface area contributed by atoms with Crippen molar-refractivity contribution in [3.05, 3.63) is 12.3 Å². The number of rotatable bonds is 13. The molecule has 0 rings (SSSR count). The summed E-state index contributed by atoms with van der Waals surface area (Å²) >= 11 is 0. The summed E-state index contributed by atoms with van der Waals surface area (Å²) in [4.78, 5) is 0. The van der Waals surface area contributed by atoms with E-state index < -0.39 is 8.80 Å². The highest BCUT2D eigenvalue weighted by molar-refractivity contribution is 6.66. The summed E-state index contributed by atoms with van der Waals surface area (Å²) in [5.41, 5.74) is 1.69. The minimum absolute atomic E-state index is 0.549. The van der Waals surface area contributed by atoms with Crippen LogP contribution >= 0.6 is 0 Å². The minimum atomic E-state index is -2.74. The lowest BCUT2D eigenvalue weighted by Crippen LogP contribution is -2.47. The molecule has 0 radical (unpaired) electrons. The molecule has 7 heteroatoms. The van der Waals surface area contributed by atoms with Crippen LogP contribution in [-0.4, -0.2) is 69.4 Å². The van der Waals surface area contributed by atoms with E-state index in [9.17, 15) is 0 Å². The molecule has 0 atom stereocenters. The van der Waals surface area contributed by atoms with Gasteiger partial charge in [-0.15, -0.1) is 0 Å². The Bertz CT molecular complexity index is 181. The van der Waals surface area contributed by atoms with Gasteiger partial charge in [-0.3, -0.25) is 0 Å². The van der Waals surface area contributed by atoms with E-state index in [-0.39, 0.29) is 0 Å². The second kappa shape index (κ2) is 11.8. The van der Waals surface area contributed by atoms with Crippen LogP contribution in [0.5, 0.6) is 0 Å². The predicted octanol–water partition coefficient (Wildman–Crippen LogP) is -0.641. The zero-order valence-corrected chi connectivity index (χ0v) is 12.8. The molecule has 18 heavy (non-hydrogen) atoms. The average Bonchev–Trinajstić information content (AvgIpc) is 2.39. The maximum absolute atomic E-state index is 5.77. The van der Waals surface area contributed by atoms with E-state index in [1.54, 1.807) is 5.70 Å². The Morgan fingerprint density at radius 1 is 0.833 bits per heavy atom. The maximum Gasteiger partial charge on any atom is 0.529 e. The third-order valence-electron chi connectivity index (χ3n) is 2.22. The molecule has 0 saturated heterocycles. The summed E-state index contributed by atoms with van der Waals surface area (Å²) in [5, 5.41) is 9.08. The number of hydrogen-bond acceptors (Lipinski definition) is 6. The summed E-state index contributed by atoms with van der Waals surface area (Å²) in [5.74, 6) is 0. The Hall–Kier alpha value is -0.283. The Balaban J connectivity index is 4.25. The first kappa shape index (κ1) is 17.7. The monoisotopic (exact) mass is 277 g/mol. The summed E-state index contributed by atoms with van der Waals surface area (Å²) in [6, 6.07) is 0. The molecule has 0 saturated carbocycles. The van der Waals surface area contributed by atoms with Crippen molar-refractivity contribution >= 4 is 8.80 Å². The van der Waals surface area contributed by atoms with Crippen molar-refractivity contribution < 1.29 is 13.3 Å². The third kappa shape index (κ3) is 7.93. The zero-order chi connectivity index (χ0) is 13.7. The molecule has 0 bridgehead atoms. The van der Waals surface area contributed by atoms with Crippen molar-refractivity contribution in [3.8, 4) is 0 Å². The smallest absolute Gasteiger partial charge is 0.369 e. The SMILES string of the molecule is C=C[Si](OCCNC)(OCCNC)OCCNC. The lowest BCUT2D eigenvalue weighted by atomic mass is 10.7. The summed E-state index contributed by atoms with van der Waals surface area (Å²) in [6.45, 7) is 7.72. The van der Waals surface area contributed by atoms with Crippen LogP contribution in [0.2, 0.25) is 0 Å². The van der Waals surface area contributed by atoms with Crippen LogP contribution in [0.1, 0.15) is 0 Å². The molecular weight excluding hydrogens is 250 g/mol. The second-order valence-corrected chi connectivity index (χ2v) is 6.15. The zero-order valence-electron chi connectivity index (χ0n) is 11.8. The van der Waals surface area contributed by atoms with E-state index in [1.807, 2.05) is 21.1 Å². The molecule has 108 valence electrons. The van der Waals surface area contributed by atoms with Crippen LogP contribution in [0.15, 0.2) is 12.3 Å². The molecule has 6 nitrogen and oxygen atoms in total. The quantitative estimate of drug-likeness (QED) is 0.307. The summed E-state index contributed by atoms with van der Waals surface area (Å²) in [6.07, 6.45) is 0. The van der Waals surface area contributed by atoms with Crippen molar-refractivity contribution in [1.82, 2.24) is 16.0 Å². The van der Waals surface area contributed by atoms with Gasteiger partial charge in [0.15, 0.2) is 0 Å². The standard InChI is InChI=1S/C11H27N3O3Si/c1-5-18(15-9-6-12-2,16-10-7-13-3)17-11-8-14-4/h5,12-14H,1,6-11H2,2-4H3. The lowest BCUT2D eigenvalue weighted by Gasteiger charge is -2.26. The highest BCUT2D eigenvalue weighted by Gasteiger charge is 2.37. The molecule has 0 aromatic heterocycles. The van der Waals surface area contributed by atoms with E-state index in [0.717, 1.165) is 19.6 Å². The topological polar surface area (TPSA) is 63.8 Å². The van der Waals surface area contributed by atoms with Gasteiger partial charge in [0, 0.05) is 19.6 Å². The third-order valence-corrected chi connectivity index (χ3v) is 4.54. The molecule has 0 heterocycles. The maximum atomic E-state index is 5.77. The Kier molecular flexibility index (Phi) is 11.6. The highest BCUT2D eigenvalue weighted by atomic mass is 28.4. The molecule has 3 N–H and O–H groups in total. The minimum Gasteiger partial charge on any atom is -0.369 e. The van der Waals surface area contributed by atoms with Gasteiger partial charge >= 0.3 is 8.80 Å². The van der Waals surface area contributed by atoms with E-state index in [0.29, 0.717) is 19.8 Å². The van der Waals surface area contributed by atoms with E-state index in [1.165, 1.54) is 0 Å². The van der Waals surface area contributed by atoms with Gasteiger partial charge in [-0.1, -0.05) is 6.58 Å². The summed E-state index contributed by atoms with van der Waals surface area (Å²) in [7, 11) is 2.90. The first-order chi connectivity index (χ1) is 8.74. The molecule has 0 aromatic carbocycles. The highest BCUT2D eigenvalue weighted by Crippen LogP contribution is 2.10. The molecule has 0 fully saturated rings. The van der Waals surface area contributed by atoms with E-state index >= 15 is 0 Å². The van der Waals surface area contributed by atoms with Crippen LogP contribution < -0.4 is 16.0 Å². The van der Waals surface area contributed by atoms with E-state index in [4.69, 9.17) is 13.3 Å². The molecule has 0 aliphatic rings. The van der Waals surface area contributed by atoms with Crippen molar-refractivity contribution in [1.29, 1.82) is 0 Å². The first-order valence-electron chi connectivity index (χ1n) is 6.24. The fourth-order valence-electron chi connectivity index (χ4n) is 1.19.